The molecule has 4 rings (SSSR count). The van der Waals surface area contributed by atoms with Crippen LogP contribution in [0.3, 0.4) is 0 Å². The smallest absolute Gasteiger partial charge is 0.247 e. The summed E-state index contributed by atoms with van der Waals surface area (Å²) in [6, 6.07) is 9.00. The van der Waals surface area contributed by atoms with Crippen molar-refractivity contribution in [3.05, 3.63) is 66.5 Å². The molecule has 0 spiro atoms. The van der Waals surface area contributed by atoms with Crippen LogP contribution >= 0.6 is 0 Å². The van der Waals surface area contributed by atoms with Gasteiger partial charge < -0.3 is 15.4 Å². The SMILES string of the molecule is COc1ccc(F)cc1-c1cc(NC(=O)C(c2cccnc2)N2CCNCC2)ncn1. The van der Waals surface area contributed by atoms with E-state index in [-0.39, 0.29) is 5.91 Å². The van der Waals surface area contributed by atoms with Crippen molar-refractivity contribution in [2.24, 2.45) is 0 Å². The van der Waals surface area contributed by atoms with Gasteiger partial charge in [0.2, 0.25) is 5.91 Å². The molecule has 0 bridgehead atoms. The van der Waals surface area contributed by atoms with Crippen molar-refractivity contribution >= 4 is 11.7 Å². The van der Waals surface area contributed by atoms with E-state index in [9.17, 15) is 9.18 Å². The lowest BCUT2D eigenvalue weighted by Crippen LogP contribution is -2.48. The van der Waals surface area contributed by atoms with Gasteiger partial charge >= 0.3 is 0 Å². The number of hydrogen-bond acceptors (Lipinski definition) is 7. The van der Waals surface area contributed by atoms with Crippen molar-refractivity contribution < 1.29 is 13.9 Å². The third kappa shape index (κ3) is 4.84. The Hall–Kier alpha value is -3.43. The number of anilines is 1. The molecule has 1 fully saturated rings. The van der Waals surface area contributed by atoms with Gasteiger partial charge in [0.25, 0.3) is 0 Å². The fourth-order valence-electron chi connectivity index (χ4n) is 3.65. The number of carbonyl (C=O) groups excluding carboxylic acids is 1. The first-order valence-corrected chi connectivity index (χ1v) is 9.97. The van der Waals surface area contributed by atoms with Gasteiger partial charge in [-0.25, -0.2) is 14.4 Å². The van der Waals surface area contributed by atoms with Crippen LogP contribution in [0.25, 0.3) is 11.3 Å². The van der Waals surface area contributed by atoms with Crippen LogP contribution in [0.2, 0.25) is 0 Å². The average molecular weight is 422 g/mol. The van der Waals surface area contributed by atoms with Crippen LogP contribution in [0.1, 0.15) is 11.6 Å². The lowest BCUT2D eigenvalue weighted by molar-refractivity contribution is -0.121. The van der Waals surface area contributed by atoms with Gasteiger partial charge in [0.1, 0.15) is 29.8 Å². The molecule has 2 aromatic heterocycles. The first-order valence-electron chi connectivity index (χ1n) is 9.97. The fourth-order valence-corrected chi connectivity index (χ4v) is 3.65. The number of piperazine rings is 1. The molecule has 0 radical (unpaired) electrons. The van der Waals surface area contributed by atoms with Gasteiger partial charge in [-0.3, -0.25) is 14.7 Å². The summed E-state index contributed by atoms with van der Waals surface area (Å²) < 4.78 is 19.1. The lowest BCUT2D eigenvalue weighted by Gasteiger charge is -2.34. The minimum Gasteiger partial charge on any atom is -0.496 e. The van der Waals surface area contributed by atoms with Crippen molar-refractivity contribution in [2.75, 3.05) is 38.6 Å². The van der Waals surface area contributed by atoms with Gasteiger partial charge in [0.15, 0.2) is 0 Å². The summed E-state index contributed by atoms with van der Waals surface area (Å²) >= 11 is 0. The van der Waals surface area contributed by atoms with E-state index in [1.54, 1.807) is 18.5 Å². The van der Waals surface area contributed by atoms with E-state index in [2.05, 4.69) is 30.5 Å². The number of aromatic nitrogens is 3. The third-order valence-electron chi connectivity index (χ3n) is 5.12. The molecule has 1 unspecified atom stereocenters. The zero-order chi connectivity index (χ0) is 21.6. The van der Waals surface area contributed by atoms with Crippen LogP contribution in [-0.4, -0.2) is 59.0 Å². The number of ether oxygens (including phenoxy) is 1. The summed E-state index contributed by atoms with van der Waals surface area (Å²) in [6.45, 7) is 3.09. The zero-order valence-corrected chi connectivity index (χ0v) is 17.1. The van der Waals surface area contributed by atoms with E-state index < -0.39 is 11.9 Å². The van der Waals surface area contributed by atoms with Crippen molar-refractivity contribution in [1.29, 1.82) is 0 Å². The molecule has 1 aliphatic rings. The molecule has 160 valence electrons. The number of rotatable bonds is 6. The number of amides is 1. The fraction of sp³-hybridized carbons (Fsp3) is 0.273. The number of pyridine rings is 1. The van der Waals surface area contributed by atoms with Crippen molar-refractivity contribution in [1.82, 2.24) is 25.2 Å². The van der Waals surface area contributed by atoms with Crippen LogP contribution in [-0.2, 0) is 4.79 Å². The number of benzene rings is 1. The first-order chi connectivity index (χ1) is 15.2. The first kappa shape index (κ1) is 20.8. The molecule has 1 saturated heterocycles. The standard InChI is InChI=1S/C22H23FN6O2/c1-31-19-5-4-16(23)11-17(19)18-12-20(27-14-26-18)28-22(30)21(15-3-2-6-25-13-15)29-9-7-24-8-10-29/h2-6,11-14,21,24H,7-10H2,1H3,(H,26,27,28,30). The molecule has 1 atom stereocenters. The summed E-state index contributed by atoms with van der Waals surface area (Å²) in [7, 11) is 1.51. The topological polar surface area (TPSA) is 92.3 Å². The molecule has 8 nitrogen and oxygen atoms in total. The van der Waals surface area contributed by atoms with Crippen LogP contribution in [0.4, 0.5) is 10.2 Å². The number of nitrogens with zero attached hydrogens (tertiary/aromatic N) is 4. The number of hydrogen-bond donors (Lipinski definition) is 2. The minimum atomic E-state index is -0.502. The van der Waals surface area contributed by atoms with Gasteiger partial charge in [-0.15, -0.1) is 0 Å². The molecular formula is C22H23FN6O2. The second-order valence-corrected chi connectivity index (χ2v) is 7.10. The molecule has 31 heavy (non-hydrogen) atoms. The number of nitrogens with one attached hydrogen (secondary N) is 2. The number of halogens is 1. The molecule has 2 N–H and O–H groups in total. The van der Waals surface area contributed by atoms with E-state index in [1.165, 1.54) is 31.6 Å². The van der Waals surface area contributed by atoms with E-state index >= 15 is 0 Å². The average Bonchev–Trinajstić information content (AvgIpc) is 2.81. The largest absolute Gasteiger partial charge is 0.496 e. The predicted molar refractivity (Wildman–Crippen MR) is 114 cm³/mol. The number of carbonyl (C=O) groups is 1. The van der Waals surface area contributed by atoms with Crippen LogP contribution < -0.4 is 15.4 Å². The van der Waals surface area contributed by atoms with Crippen molar-refractivity contribution in [3.8, 4) is 17.0 Å². The Morgan fingerprint density at radius 3 is 2.81 bits per heavy atom. The van der Waals surface area contributed by atoms with Crippen LogP contribution in [0.15, 0.2) is 55.1 Å². The molecule has 0 aliphatic carbocycles. The maximum absolute atomic E-state index is 13.8. The molecule has 0 saturated carbocycles. The Labute approximate surface area is 179 Å². The van der Waals surface area contributed by atoms with E-state index in [0.29, 0.717) is 22.8 Å². The van der Waals surface area contributed by atoms with Crippen molar-refractivity contribution in [3.63, 3.8) is 0 Å². The third-order valence-corrected chi connectivity index (χ3v) is 5.12. The summed E-state index contributed by atoms with van der Waals surface area (Å²) in [5, 5.41) is 6.18. The highest BCUT2D eigenvalue weighted by Gasteiger charge is 2.29. The second kappa shape index (κ2) is 9.59. The van der Waals surface area contributed by atoms with E-state index in [4.69, 9.17) is 4.74 Å². The monoisotopic (exact) mass is 422 g/mol. The molecule has 1 aromatic carbocycles. The highest BCUT2D eigenvalue weighted by atomic mass is 19.1. The maximum Gasteiger partial charge on any atom is 0.247 e. The van der Waals surface area contributed by atoms with E-state index in [1.807, 2.05) is 12.1 Å². The summed E-state index contributed by atoms with van der Waals surface area (Å²) in [4.78, 5) is 28.0. The Morgan fingerprint density at radius 2 is 2.06 bits per heavy atom. The minimum absolute atomic E-state index is 0.217. The van der Waals surface area contributed by atoms with Gasteiger partial charge in [-0.1, -0.05) is 6.07 Å². The Balaban J connectivity index is 1.61. The zero-order valence-electron chi connectivity index (χ0n) is 17.1. The summed E-state index contributed by atoms with van der Waals surface area (Å²) in [6.07, 6.45) is 4.72. The van der Waals surface area contributed by atoms with Crippen molar-refractivity contribution in [2.45, 2.75) is 6.04 Å². The van der Waals surface area contributed by atoms with Crippen LogP contribution in [0.5, 0.6) is 5.75 Å². The Kier molecular flexibility index (Phi) is 6.44. The number of methoxy groups -OCH3 is 1. The molecule has 9 heteroatoms. The molecule has 1 aliphatic heterocycles. The lowest BCUT2D eigenvalue weighted by atomic mass is 10.1. The van der Waals surface area contributed by atoms with Gasteiger partial charge in [-0.2, -0.15) is 0 Å². The molecule has 3 aromatic rings. The normalized spacial score (nSPS) is 15.3. The Morgan fingerprint density at radius 1 is 1.23 bits per heavy atom. The molecular weight excluding hydrogens is 399 g/mol. The summed E-state index contributed by atoms with van der Waals surface area (Å²) in [5.41, 5.74) is 1.73. The maximum atomic E-state index is 13.8. The molecule has 1 amide bonds. The quantitative estimate of drug-likeness (QED) is 0.630. The van der Waals surface area contributed by atoms with Crippen LogP contribution in [0, 0.1) is 5.82 Å². The van der Waals surface area contributed by atoms with Gasteiger partial charge in [0.05, 0.1) is 12.8 Å². The Bertz CT molecular complexity index is 1040. The molecule has 3 heterocycles. The summed E-state index contributed by atoms with van der Waals surface area (Å²) in [5.74, 6) is 0.179. The van der Waals surface area contributed by atoms with Gasteiger partial charge in [-0.05, 0) is 29.8 Å². The second-order valence-electron chi connectivity index (χ2n) is 7.10. The highest BCUT2D eigenvalue weighted by Crippen LogP contribution is 2.30. The predicted octanol–water partition coefficient (Wildman–Crippen LogP) is 2.27. The van der Waals surface area contributed by atoms with E-state index in [0.717, 1.165) is 31.7 Å². The van der Waals surface area contributed by atoms with Gasteiger partial charge in [0, 0.05) is 50.2 Å². The highest BCUT2D eigenvalue weighted by molar-refractivity contribution is 5.95.